The van der Waals surface area contributed by atoms with Crippen molar-refractivity contribution >= 4 is 34.8 Å². The van der Waals surface area contributed by atoms with Crippen LogP contribution in [0.2, 0.25) is 0 Å². The second-order valence-electron chi connectivity index (χ2n) is 10.9. The van der Waals surface area contributed by atoms with Gasteiger partial charge in [0.1, 0.15) is 34.2 Å². The number of nitrogens with zero attached hydrogens (tertiary/aromatic N) is 4. The summed E-state index contributed by atoms with van der Waals surface area (Å²) in [7, 11) is 0. The Balaban J connectivity index is 1.15. The summed E-state index contributed by atoms with van der Waals surface area (Å²) in [5.74, 6) is -0.411. The van der Waals surface area contributed by atoms with E-state index in [0.29, 0.717) is 22.8 Å². The predicted octanol–water partition coefficient (Wildman–Crippen LogP) is 7.06. The summed E-state index contributed by atoms with van der Waals surface area (Å²) in [6, 6.07) is 44.4. The zero-order valence-electron chi connectivity index (χ0n) is 25.6. The van der Waals surface area contributed by atoms with E-state index in [4.69, 9.17) is 21.7 Å². The fourth-order valence-corrected chi connectivity index (χ4v) is 5.46. The largest absolute Gasteiger partial charge is 0.383 e. The molecular formula is C38H30N8O2. The predicted molar refractivity (Wildman–Crippen MR) is 189 cm³/mol. The molecule has 10 heteroatoms. The topological polar surface area (TPSA) is 146 Å². The maximum atomic E-state index is 13.7. The van der Waals surface area contributed by atoms with Gasteiger partial charge in [0.2, 0.25) is 0 Å². The second kappa shape index (κ2) is 12.8. The normalized spacial score (nSPS) is 10.8. The van der Waals surface area contributed by atoms with Crippen molar-refractivity contribution in [1.82, 2.24) is 19.6 Å². The van der Waals surface area contributed by atoms with Crippen molar-refractivity contribution in [3.05, 3.63) is 157 Å². The highest BCUT2D eigenvalue weighted by Gasteiger charge is 2.26. The molecule has 0 aliphatic rings. The maximum absolute atomic E-state index is 13.7. The van der Waals surface area contributed by atoms with Crippen LogP contribution < -0.4 is 22.1 Å². The summed E-state index contributed by atoms with van der Waals surface area (Å²) >= 11 is 0. The minimum absolute atomic E-state index is 0.212. The van der Waals surface area contributed by atoms with Gasteiger partial charge in [0.05, 0.1) is 11.4 Å². The molecule has 234 valence electrons. The van der Waals surface area contributed by atoms with Crippen LogP contribution in [0.3, 0.4) is 0 Å². The van der Waals surface area contributed by atoms with Gasteiger partial charge in [0, 0.05) is 22.5 Å². The van der Waals surface area contributed by atoms with Gasteiger partial charge in [-0.25, -0.2) is 9.36 Å². The number of nitrogens with two attached hydrogens (primary N) is 2. The number of nitrogen functional groups attached to an aromatic ring is 2. The molecule has 0 saturated carbocycles. The maximum Gasteiger partial charge on any atom is 0.261 e. The highest BCUT2D eigenvalue weighted by molar-refractivity contribution is 6.13. The van der Waals surface area contributed by atoms with Crippen molar-refractivity contribution in [1.29, 1.82) is 0 Å². The molecule has 6 N–H and O–H groups in total. The number of para-hydroxylation sites is 2. The van der Waals surface area contributed by atoms with Crippen molar-refractivity contribution in [2.24, 2.45) is 0 Å². The van der Waals surface area contributed by atoms with Crippen molar-refractivity contribution in [2.45, 2.75) is 0 Å². The number of nitrogens with one attached hydrogen (secondary N) is 2. The number of anilines is 4. The monoisotopic (exact) mass is 630 g/mol. The first kappa shape index (κ1) is 29.8. The Bertz CT molecular complexity index is 2050. The van der Waals surface area contributed by atoms with E-state index in [9.17, 15) is 9.59 Å². The number of benzene rings is 5. The van der Waals surface area contributed by atoms with Crippen LogP contribution >= 0.6 is 0 Å². The zero-order valence-corrected chi connectivity index (χ0v) is 25.6. The van der Waals surface area contributed by atoms with E-state index in [2.05, 4.69) is 10.6 Å². The quantitative estimate of drug-likeness (QED) is 0.141. The van der Waals surface area contributed by atoms with Crippen LogP contribution in [0.4, 0.5) is 23.0 Å². The first-order valence-corrected chi connectivity index (χ1v) is 15.2. The van der Waals surface area contributed by atoms with Gasteiger partial charge in [-0.05, 0) is 48.5 Å². The van der Waals surface area contributed by atoms with E-state index in [0.717, 1.165) is 22.5 Å². The first-order chi connectivity index (χ1) is 23.5. The highest BCUT2D eigenvalue weighted by Crippen LogP contribution is 2.32. The van der Waals surface area contributed by atoms with E-state index in [1.807, 2.05) is 121 Å². The van der Waals surface area contributed by atoms with Crippen molar-refractivity contribution in [3.8, 4) is 33.9 Å². The Morgan fingerprint density at radius 1 is 0.458 bits per heavy atom. The molecule has 0 spiro atoms. The summed E-state index contributed by atoms with van der Waals surface area (Å²) < 4.78 is 3.12. The molecule has 0 aliphatic heterocycles. The number of rotatable bonds is 8. The molecule has 2 aromatic heterocycles. The molecule has 7 rings (SSSR count). The van der Waals surface area contributed by atoms with Crippen molar-refractivity contribution in [2.75, 3.05) is 22.1 Å². The van der Waals surface area contributed by atoms with E-state index in [1.165, 1.54) is 0 Å². The zero-order chi connectivity index (χ0) is 33.0. The minimum atomic E-state index is -0.418. The summed E-state index contributed by atoms with van der Waals surface area (Å²) in [4.78, 5) is 27.4. The van der Waals surface area contributed by atoms with Gasteiger partial charge in [0.15, 0.2) is 0 Å². The Morgan fingerprint density at radius 2 is 0.771 bits per heavy atom. The molecule has 0 radical (unpaired) electrons. The molecule has 5 aromatic carbocycles. The van der Waals surface area contributed by atoms with Crippen LogP contribution in [-0.2, 0) is 0 Å². The lowest BCUT2D eigenvalue weighted by molar-refractivity contribution is 0.101. The van der Waals surface area contributed by atoms with E-state index >= 15 is 0 Å². The Morgan fingerprint density at radius 3 is 1.10 bits per heavy atom. The smallest absolute Gasteiger partial charge is 0.261 e. The Kier molecular flexibility index (Phi) is 7.94. The number of carbonyl (C=O) groups is 2. The summed E-state index contributed by atoms with van der Waals surface area (Å²) in [6.45, 7) is 0. The molecule has 48 heavy (non-hydrogen) atoms. The molecular weight excluding hydrogens is 600 g/mol. The average molecular weight is 631 g/mol. The van der Waals surface area contributed by atoms with Crippen LogP contribution in [-0.4, -0.2) is 31.4 Å². The van der Waals surface area contributed by atoms with Gasteiger partial charge in [-0.15, -0.1) is 0 Å². The average Bonchev–Trinajstić information content (AvgIpc) is 3.67. The van der Waals surface area contributed by atoms with Crippen LogP contribution in [0.5, 0.6) is 0 Å². The lowest BCUT2D eigenvalue weighted by Crippen LogP contribution is -2.16. The number of aromatic nitrogens is 4. The molecule has 0 atom stereocenters. The van der Waals surface area contributed by atoms with E-state index in [-0.39, 0.29) is 22.8 Å². The Hall–Kier alpha value is -6.94. The number of hydrogen-bond donors (Lipinski definition) is 4. The van der Waals surface area contributed by atoms with Gasteiger partial charge in [-0.3, -0.25) is 9.59 Å². The van der Waals surface area contributed by atoms with Gasteiger partial charge in [0.25, 0.3) is 11.8 Å². The van der Waals surface area contributed by atoms with Gasteiger partial charge in [-0.1, -0.05) is 97.1 Å². The van der Waals surface area contributed by atoms with Crippen LogP contribution in [0.15, 0.2) is 146 Å². The van der Waals surface area contributed by atoms with E-state index in [1.54, 1.807) is 33.6 Å². The third-order valence-electron chi connectivity index (χ3n) is 7.79. The fraction of sp³-hybridized carbons (Fsp3) is 0. The van der Waals surface area contributed by atoms with Crippen molar-refractivity contribution < 1.29 is 9.59 Å². The third kappa shape index (κ3) is 5.77. The molecule has 10 nitrogen and oxygen atoms in total. The Labute approximate surface area is 276 Å². The molecule has 0 fully saturated rings. The molecule has 2 heterocycles. The summed E-state index contributed by atoms with van der Waals surface area (Å²) in [6.07, 6.45) is 0. The van der Waals surface area contributed by atoms with Crippen LogP contribution in [0.25, 0.3) is 33.9 Å². The van der Waals surface area contributed by atoms with Gasteiger partial charge in [-0.2, -0.15) is 10.2 Å². The number of amides is 2. The summed E-state index contributed by atoms with van der Waals surface area (Å²) in [5.41, 5.74) is 18.5. The SMILES string of the molecule is Nc1c(C(=O)Nc2ccc(NC(=O)c3c(-c4ccccc4)nn(-c4ccccc4)c3N)cc2)c(-c2ccccc2)nn1-c1ccccc1. The molecule has 0 aliphatic carbocycles. The molecule has 7 aromatic rings. The van der Waals surface area contributed by atoms with E-state index < -0.39 is 11.8 Å². The van der Waals surface area contributed by atoms with Crippen molar-refractivity contribution in [3.63, 3.8) is 0 Å². The molecule has 0 saturated heterocycles. The fourth-order valence-electron chi connectivity index (χ4n) is 5.46. The van der Waals surface area contributed by atoms with Crippen LogP contribution in [0, 0.1) is 0 Å². The van der Waals surface area contributed by atoms with Gasteiger partial charge < -0.3 is 22.1 Å². The second-order valence-corrected chi connectivity index (χ2v) is 10.9. The molecule has 0 unspecified atom stereocenters. The minimum Gasteiger partial charge on any atom is -0.383 e. The lowest BCUT2D eigenvalue weighted by Gasteiger charge is -2.10. The van der Waals surface area contributed by atoms with Gasteiger partial charge >= 0.3 is 0 Å². The standard InChI is InChI=1S/C38H30N8O2/c39-35-31(33(25-13-5-1-6-14-25)43-45(35)29-17-9-3-10-18-29)37(47)41-27-21-23-28(24-22-27)42-38(48)32-34(26-15-7-2-8-16-26)44-46(36(32)40)30-19-11-4-12-20-30/h1-24H,39-40H2,(H,41,47)(H,42,48). The first-order valence-electron chi connectivity index (χ1n) is 15.2. The number of hydrogen-bond acceptors (Lipinski definition) is 6. The molecule has 2 amide bonds. The lowest BCUT2D eigenvalue weighted by atomic mass is 10.1. The summed E-state index contributed by atoms with van der Waals surface area (Å²) in [5, 5.41) is 15.3. The highest BCUT2D eigenvalue weighted by atomic mass is 16.2. The van der Waals surface area contributed by atoms with Crippen LogP contribution in [0.1, 0.15) is 20.7 Å². The third-order valence-corrected chi connectivity index (χ3v) is 7.79. The number of carbonyl (C=O) groups excluding carboxylic acids is 2. The molecule has 0 bridgehead atoms.